The molecule has 90 heavy (non-hydrogen) atoms. The summed E-state index contributed by atoms with van der Waals surface area (Å²) in [6, 6.07) is 53.2. The van der Waals surface area contributed by atoms with Crippen molar-refractivity contribution in [3.8, 4) is 0 Å². The number of rotatable bonds is 0. The van der Waals surface area contributed by atoms with Gasteiger partial charge in [0.25, 0.3) is 46.7 Å². The van der Waals surface area contributed by atoms with Gasteiger partial charge < -0.3 is 0 Å². The lowest BCUT2D eigenvalue weighted by Gasteiger charge is -2.40. The van der Waals surface area contributed by atoms with Crippen molar-refractivity contribution < 1.29 is 18.3 Å². The van der Waals surface area contributed by atoms with Crippen molar-refractivity contribution in [3.63, 3.8) is 0 Å². The number of hydrogen-bond acceptors (Lipinski definition) is 8. The van der Waals surface area contributed by atoms with Gasteiger partial charge in [-0.1, -0.05) is 133 Å². The largest absolute Gasteiger partial charge is 0.404 e. The van der Waals surface area contributed by atoms with Crippen LogP contribution in [0.5, 0.6) is 0 Å². The molecule has 2 spiro atoms. The topological polar surface area (TPSA) is 131 Å². The molecule has 1 unspecified atom stereocenters. The standard InChI is InChI=1S/2C37H24N8/c1-17-5-9-21-25(13-17)33-38-30-22-10-6-18(2)14-26(22)35-40-32-24-12-8-20(4)16-28(24)36-41-31-23-11-7-19(3)15-27(23)34-39-29(21)42(33)37(43(30)35,44(31)34)45(32)36;1-17-5-9-21-25(13-17)33-39-31-23-11-7-19(3)15-27(23)35-41-36-28-16-20(4)8-12-24(28)32-40-34-26-14-18(2)6-10-22(26)30-38-29(21)42(33)37(43(30)34,44(31)35)45(32)36/h2*5-16H,1-4H3/q2*+2/t;37-/m.1/s1. The van der Waals surface area contributed by atoms with Gasteiger partial charge in [0.15, 0.2) is 0 Å². The number of hydrogen-bond donors (Lipinski definition) is 0. The normalized spacial score (nSPS) is 20.1. The molecule has 24 rings (SSSR count). The van der Waals surface area contributed by atoms with E-state index in [2.05, 4.69) is 238 Å². The third kappa shape index (κ3) is 4.83. The summed E-state index contributed by atoms with van der Waals surface area (Å²) < 4.78 is 18.9. The van der Waals surface area contributed by atoms with Crippen molar-refractivity contribution in [2.45, 2.75) is 67.2 Å². The average Bonchev–Trinajstić information content (AvgIpc) is 1.45. The summed E-state index contributed by atoms with van der Waals surface area (Å²) in [5, 5.41) is 8.79. The molecule has 0 saturated carbocycles. The van der Waals surface area contributed by atoms with Crippen LogP contribution in [-0.2, 0) is 11.8 Å². The highest BCUT2D eigenvalue weighted by molar-refractivity contribution is 6.23. The summed E-state index contributed by atoms with van der Waals surface area (Å²) in [5.41, 5.74) is 22.0. The SMILES string of the molecule is Cc1ccc2c(c1)C1=Nc3c4ccc(C)cc4c4n3C35n6c(c7ccc(C)cc7c6=NC2=[N+]13)=NC1=[N+]5C(=N4)c2ccc(C)cc21.Cc1ccc2c(c1)C1=Nc3c4ccc(C)cc4c4n3[C@@]35n6c(c7ccc(C)cc7c6=NC6=[N+]3C(=N4)c3cc(C)ccc36)=NC2=[N+]15. The van der Waals surface area contributed by atoms with Gasteiger partial charge >= 0.3 is 11.8 Å². The van der Waals surface area contributed by atoms with Crippen molar-refractivity contribution in [1.29, 1.82) is 0 Å². The molecule has 0 amide bonds. The van der Waals surface area contributed by atoms with Crippen LogP contribution in [0.15, 0.2) is 186 Å². The van der Waals surface area contributed by atoms with Gasteiger partial charge in [0, 0.05) is 43.1 Å². The van der Waals surface area contributed by atoms with E-state index in [0.29, 0.717) is 0 Å². The molecule has 0 fully saturated rings. The summed E-state index contributed by atoms with van der Waals surface area (Å²) in [4.78, 5) is 44.1. The third-order valence-electron chi connectivity index (χ3n) is 20.7. The Morgan fingerprint density at radius 1 is 0.233 bits per heavy atom. The first-order valence-electron chi connectivity index (χ1n) is 30.8. The second-order valence-electron chi connectivity index (χ2n) is 26.3. The Kier molecular flexibility index (Phi) is 7.54. The van der Waals surface area contributed by atoms with Gasteiger partial charge in [0.1, 0.15) is 0 Å². The zero-order chi connectivity index (χ0) is 59.3. The molecule has 420 valence electrons. The van der Waals surface area contributed by atoms with Crippen LogP contribution in [0.3, 0.4) is 0 Å². The Hall–Kier alpha value is -11.5. The van der Waals surface area contributed by atoms with Gasteiger partial charge in [0.2, 0.25) is 45.2 Å². The molecular formula is C74H48N16+4. The number of benzene rings is 8. The van der Waals surface area contributed by atoms with E-state index in [1.807, 2.05) is 0 Å². The summed E-state index contributed by atoms with van der Waals surface area (Å²) in [5.74, 6) is 9.00. The first-order chi connectivity index (χ1) is 43.9. The number of aryl methyl sites for hydroxylation is 8. The summed E-state index contributed by atoms with van der Waals surface area (Å²) in [6.07, 6.45) is 0. The van der Waals surface area contributed by atoms with Gasteiger partial charge in [-0.25, -0.2) is 0 Å². The smallest absolute Gasteiger partial charge is 0.192 e. The Bertz CT molecular complexity index is 6480. The molecule has 16 heteroatoms. The Balaban J connectivity index is 0.000000116. The fourth-order valence-corrected chi connectivity index (χ4v) is 17.1. The van der Waals surface area contributed by atoms with Crippen molar-refractivity contribution in [3.05, 3.63) is 257 Å². The molecule has 12 aromatic rings. The summed E-state index contributed by atoms with van der Waals surface area (Å²) >= 11 is 0. The van der Waals surface area contributed by atoms with E-state index in [0.717, 1.165) is 180 Å². The van der Waals surface area contributed by atoms with Crippen LogP contribution in [0, 0.1) is 55.4 Å². The molecule has 0 saturated heterocycles. The third-order valence-corrected chi connectivity index (χ3v) is 20.7. The van der Waals surface area contributed by atoms with Gasteiger partial charge in [-0.2, -0.15) is 18.3 Å². The van der Waals surface area contributed by atoms with Crippen molar-refractivity contribution in [2.24, 2.45) is 39.9 Å². The lowest BCUT2D eigenvalue weighted by molar-refractivity contribution is -0.791. The number of aromatic nitrogens is 4. The maximum Gasteiger partial charge on any atom is 0.404 e. The Morgan fingerprint density at radius 2 is 0.500 bits per heavy atom. The van der Waals surface area contributed by atoms with E-state index >= 15 is 0 Å². The van der Waals surface area contributed by atoms with Crippen LogP contribution in [-0.4, -0.2) is 83.3 Å². The second-order valence-corrected chi connectivity index (χ2v) is 26.3. The van der Waals surface area contributed by atoms with Crippen molar-refractivity contribution in [1.82, 2.24) is 18.3 Å². The number of aliphatic imine (C=N–C) groups is 4. The molecule has 0 N–H and O–H groups in total. The highest BCUT2D eigenvalue weighted by atomic mass is 15.7. The molecule has 8 aromatic carbocycles. The fourth-order valence-electron chi connectivity index (χ4n) is 17.1. The van der Waals surface area contributed by atoms with E-state index in [9.17, 15) is 0 Å². The fraction of sp³-hybridized carbons (Fsp3) is 0.135. The first kappa shape index (κ1) is 46.7. The van der Waals surface area contributed by atoms with Gasteiger partial charge in [-0.3, -0.25) is 0 Å². The minimum Gasteiger partial charge on any atom is -0.192 e. The average molecular weight is 1160 g/mol. The maximum atomic E-state index is 5.53. The quantitative estimate of drug-likeness (QED) is 0.134. The van der Waals surface area contributed by atoms with Crippen LogP contribution in [0.1, 0.15) is 89.0 Å². The number of amidine groups is 8. The number of nitrogens with zero attached hydrogens (tertiary/aromatic N) is 16. The van der Waals surface area contributed by atoms with Gasteiger partial charge in [-0.05, 0) is 152 Å². The summed E-state index contributed by atoms with van der Waals surface area (Å²) in [6.45, 7) is 17.2. The van der Waals surface area contributed by atoms with E-state index in [1.54, 1.807) is 0 Å². The monoisotopic (exact) mass is 1160 g/mol. The summed E-state index contributed by atoms with van der Waals surface area (Å²) in [7, 11) is 0. The van der Waals surface area contributed by atoms with Crippen molar-refractivity contribution >= 4 is 113 Å². The van der Waals surface area contributed by atoms with Crippen LogP contribution in [0.2, 0.25) is 0 Å². The minimum atomic E-state index is -0.947. The molecule has 4 aromatic heterocycles. The molecule has 16 heterocycles. The molecule has 0 radical (unpaired) electrons. The van der Waals surface area contributed by atoms with Gasteiger partial charge in [0.05, 0.1) is 44.5 Å². The highest BCUT2D eigenvalue weighted by Crippen LogP contribution is 2.55. The lowest BCUT2D eigenvalue weighted by Crippen LogP contribution is -2.71. The Morgan fingerprint density at radius 3 is 0.878 bits per heavy atom. The second kappa shape index (κ2) is 14.6. The van der Waals surface area contributed by atoms with E-state index in [1.165, 1.54) is 44.5 Å². The molecule has 12 aliphatic rings. The molecule has 16 nitrogen and oxygen atoms in total. The Labute approximate surface area is 510 Å². The van der Waals surface area contributed by atoms with Crippen LogP contribution in [0.4, 0.5) is 23.3 Å². The highest BCUT2D eigenvalue weighted by Gasteiger charge is 2.72. The maximum absolute atomic E-state index is 5.53. The molecule has 0 bridgehead atoms. The van der Waals surface area contributed by atoms with E-state index < -0.39 is 11.8 Å². The molecule has 0 aliphatic carbocycles. The zero-order valence-electron chi connectivity index (χ0n) is 50.0. The first-order valence-corrected chi connectivity index (χ1v) is 30.8. The van der Waals surface area contributed by atoms with Crippen LogP contribution >= 0.6 is 0 Å². The molecule has 2 atom stereocenters. The van der Waals surface area contributed by atoms with Crippen molar-refractivity contribution in [2.75, 3.05) is 0 Å². The number of fused-ring (bicyclic) bond motifs is 24. The van der Waals surface area contributed by atoms with Crippen LogP contribution < -0.4 is 22.0 Å². The zero-order valence-corrected chi connectivity index (χ0v) is 50.0. The van der Waals surface area contributed by atoms with E-state index in [-0.39, 0.29) is 0 Å². The predicted molar refractivity (Wildman–Crippen MR) is 345 cm³/mol. The minimum absolute atomic E-state index is 0.906. The molecular weight excluding hydrogens is 1110 g/mol. The molecule has 12 aliphatic heterocycles. The van der Waals surface area contributed by atoms with Crippen LogP contribution in [0.25, 0.3) is 43.1 Å². The van der Waals surface area contributed by atoms with Gasteiger partial charge in [-0.15, -0.1) is 18.3 Å². The van der Waals surface area contributed by atoms with E-state index in [4.69, 9.17) is 39.9 Å². The lowest BCUT2D eigenvalue weighted by atomic mass is 10.0. The predicted octanol–water partition coefficient (Wildman–Crippen LogP) is 9.88.